The molecule has 0 bridgehead atoms. The Morgan fingerprint density at radius 3 is 2.73 bits per heavy atom. The molecule has 2 N–H and O–H groups in total. The number of fused-ring (bicyclic) bond motifs is 1. The minimum Gasteiger partial charge on any atom is -0.454 e. The summed E-state index contributed by atoms with van der Waals surface area (Å²) in [5.41, 5.74) is 2.37. The van der Waals surface area contributed by atoms with Crippen molar-refractivity contribution < 1.29 is 14.3 Å². The van der Waals surface area contributed by atoms with E-state index in [4.69, 9.17) is 21.1 Å². The summed E-state index contributed by atoms with van der Waals surface area (Å²) in [7, 11) is 0. The Balaban J connectivity index is 1.46. The zero-order valence-electron chi connectivity index (χ0n) is 14.4. The molecule has 136 valence electrons. The van der Waals surface area contributed by atoms with Crippen LogP contribution in [0.3, 0.4) is 0 Å². The van der Waals surface area contributed by atoms with E-state index < -0.39 is 0 Å². The third kappa shape index (κ3) is 3.73. The summed E-state index contributed by atoms with van der Waals surface area (Å²) in [6.07, 6.45) is 4.75. The quantitative estimate of drug-likeness (QED) is 0.819. The fraction of sp³-hybridized carbons (Fsp3) is 0.350. The molecule has 4 rings (SSSR count). The van der Waals surface area contributed by atoms with Gasteiger partial charge in [0.15, 0.2) is 11.5 Å². The van der Waals surface area contributed by atoms with Gasteiger partial charge in [0.2, 0.25) is 6.79 Å². The number of ether oxygens (including phenoxy) is 2. The van der Waals surface area contributed by atoms with Crippen LogP contribution in [0, 0.1) is 0 Å². The number of rotatable bonds is 5. The first-order chi connectivity index (χ1) is 12.7. The fourth-order valence-electron chi connectivity index (χ4n) is 3.45. The van der Waals surface area contributed by atoms with E-state index in [1.165, 1.54) is 12.8 Å². The van der Waals surface area contributed by atoms with E-state index in [0.717, 1.165) is 29.8 Å². The van der Waals surface area contributed by atoms with Crippen LogP contribution in [0.4, 0.5) is 5.69 Å². The van der Waals surface area contributed by atoms with Gasteiger partial charge in [0.1, 0.15) is 0 Å². The minimum absolute atomic E-state index is 0.148. The fourth-order valence-corrected chi connectivity index (χ4v) is 3.62. The molecular weight excluding hydrogens is 352 g/mol. The number of carbonyl (C=O) groups excluding carboxylic acids is 1. The van der Waals surface area contributed by atoms with Gasteiger partial charge in [-0.15, -0.1) is 0 Å². The SMILES string of the molecule is O=C(NCc1ccc2c(c1)OCO2)c1cc(Cl)ccc1NC1CCCC1. The average molecular weight is 373 g/mol. The zero-order chi connectivity index (χ0) is 17.9. The number of halogens is 1. The second-order valence-corrected chi connectivity index (χ2v) is 7.12. The standard InChI is InChI=1S/C20H21ClN2O3/c21-14-6-7-17(23-15-3-1-2-4-15)16(10-14)20(24)22-11-13-5-8-18-19(9-13)26-12-25-18/h5-10,15,23H,1-4,11-12H2,(H,22,24). The maximum absolute atomic E-state index is 12.7. The van der Waals surface area contributed by atoms with Gasteiger partial charge in [-0.2, -0.15) is 0 Å². The molecule has 1 aliphatic carbocycles. The third-order valence-corrected chi connectivity index (χ3v) is 5.07. The monoisotopic (exact) mass is 372 g/mol. The van der Waals surface area contributed by atoms with Crippen LogP contribution >= 0.6 is 11.6 Å². The van der Waals surface area contributed by atoms with Crippen molar-refractivity contribution in [2.75, 3.05) is 12.1 Å². The van der Waals surface area contributed by atoms with Crippen LogP contribution < -0.4 is 20.1 Å². The first-order valence-corrected chi connectivity index (χ1v) is 9.30. The topological polar surface area (TPSA) is 59.6 Å². The predicted molar refractivity (Wildman–Crippen MR) is 101 cm³/mol. The van der Waals surface area contributed by atoms with Crippen LogP contribution in [0.2, 0.25) is 5.02 Å². The molecule has 0 unspecified atom stereocenters. The molecule has 26 heavy (non-hydrogen) atoms. The molecule has 6 heteroatoms. The van der Waals surface area contributed by atoms with E-state index in [-0.39, 0.29) is 12.7 Å². The van der Waals surface area contributed by atoms with Crippen LogP contribution in [-0.4, -0.2) is 18.7 Å². The maximum Gasteiger partial charge on any atom is 0.253 e. The summed E-state index contributed by atoms with van der Waals surface area (Å²) in [4.78, 5) is 12.7. The number of amides is 1. The van der Waals surface area contributed by atoms with Gasteiger partial charge >= 0.3 is 0 Å². The molecule has 1 fully saturated rings. The highest BCUT2D eigenvalue weighted by Crippen LogP contribution is 2.32. The van der Waals surface area contributed by atoms with Crippen LogP contribution in [0.15, 0.2) is 36.4 Å². The zero-order valence-corrected chi connectivity index (χ0v) is 15.1. The number of benzene rings is 2. The molecule has 2 aromatic rings. The van der Waals surface area contributed by atoms with Crippen molar-refractivity contribution in [2.45, 2.75) is 38.3 Å². The number of hydrogen-bond acceptors (Lipinski definition) is 4. The average Bonchev–Trinajstić information content (AvgIpc) is 3.32. The van der Waals surface area contributed by atoms with Crippen molar-refractivity contribution in [2.24, 2.45) is 0 Å². The summed E-state index contributed by atoms with van der Waals surface area (Å²) in [6, 6.07) is 11.5. The van der Waals surface area contributed by atoms with Crippen molar-refractivity contribution in [3.05, 3.63) is 52.5 Å². The second kappa shape index (κ2) is 7.46. The normalized spacial score (nSPS) is 15.9. The summed E-state index contributed by atoms with van der Waals surface area (Å²) >= 11 is 6.12. The molecule has 1 saturated carbocycles. The summed E-state index contributed by atoms with van der Waals surface area (Å²) < 4.78 is 10.7. The van der Waals surface area contributed by atoms with Gasteiger partial charge in [0.05, 0.1) is 5.56 Å². The van der Waals surface area contributed by atoms with Crippen LogP contribution in [-0.2, 0) is 6.54 Å². The van der Waals surface area contributed by atoms with Crippen molar-refractivity contribution >= 4 is 23.2 Å². The molecule has 2 aliphatic rings. The number of anilines is 1. The molecule has 5 nitrogen and oxygen atoms in total. The van der Waals surface area contributed by atoms with Crippen molar-refractivity contribution in [1.82, 2.24) is 5.32 Å². The van der Waals surface area contributed by atoms with Gasteiger partial charge in [0.25, 0.3) is 5.91 Å². The lowest BCUT2D eigenvalue weighted by Gasteiger charge is -2.17. The highest BCUT2D eigenvalue weighted by atomic mass is 35.5. The Morgan fingerprint density at radius 2 is 1.88 bits per heavy atom. The lowest BCUT2D eigenvalue weighted by Crippen LogP contribution is -2.25. The number of hydrogen-bond donors (Lipinski definition) is 2. The van der Waals surface area contributed by atoms with Crippen LogP contribution in [0.5, 0.6) is 11.5 Å². The van der Waals surface area contributed by atoms with E-state index in [0.29, 0.717) is 28.9 Å². The molecule has 0 atom stereocenters. The van der Waals surface area contributed by atoms with Crippen molar-refractivity contribution in [1.29, 1.82) is 0 Å². The van der Waals surface area contributed by atoms with E-state index in [1.54, 1.807) is 6.07 Å². The minimum atomic E-state index is -0.148. The molecule has 0 spiro atoms. The molecule has 0 radical (unpaired) electrons. The van der Waals surface area contributed by atoms with Gasteiger partial charge in [-0.05, 0) is 48.7 Å². The van der Waals surface area contributed by atoms with E-state index in [2.05, 4.69) is 10.6 Å². The van der Waals surface area contributed by atoms with E-state index in [9.17, 15) is 4.79 Å². The molecule has 0 saturated heterocycles. The molecular formula is C20H21ClN2O3. The first-order valence-electron chi connectivity index (χ1n) is 8.92. The van der Waals surface area contributed by atoms with Gasteiger partial charge in [-0.3, -0.25) is 4.79 Å². The smallest absolute Gasteiger partial charge is 0.253 e. The lowest BCUT2D eigenvalue weighted by atomic mass is 10.1. The van der Waals surface area contributed by atoms with Crippen LogP contribution in [0.25, 0.3) is 0 Å². The second-order valence-electron chi connectivity index (χ2n) is 6.69. The Kier molecular flexibility index (Phi) is 4.89. The van der Waals surface area contributed by atoms with E-state index >= 15 is 0 Å². The third-order valence-electron chi connectivity index (χ3n) is 4.83. The van der Waals surface area contributed by atoms with Gasteiger partial charge in [-0.25, -0.2) is 0 Å². The summed E-state index contributed by atoms with van der Waals surface area (Å²) in [5.74, 6) is 1.30. The largest absolute Gasteiger partial charge is 0.454 e. The highest BCUT2D eigenvalue weighted by molar-refractivity contribution is 6.31. The predicted octanol–water partition coefficient (Wildman–Crippen LogP) is 4.35. The Bertz CT molecular complexity index is 819. The number of carbonyl (C=O) groups is 1. The molecule has 0 aromatic heterocycles. The Hall–Kier alpha value is -2.40. The van der Waals surface area contributed by atoms with Gasteiger partial charge < -0.3 is 20.1 Å². The summed E-state index contributed by atoms with van der Waals surface area (Å²) in [5, 5.41) is 7.01. The maximum atomic E-state index is 12.7. The van der Waals surface area contributed by atoms with Crippen LogP contribution in [0.1, 0.15) is 41.6 Å². The van der Waals surface area contributed by atoms with Crippen molar-refractivity contribution in [3.8, 4) is 11.5 Å². The molecule has 1 aliphatic heterocycles. The van der Waals surface area contributed by atoms with Gasteiger partial charge in [-0.1, -0.05) is 30.5 Å². The first kappa shape index (κ1) is 17.0. The van der Waals surface area contributed by atoms with Crippen molar-refractivity contribution in [3.63, 3.8) is 0 Å². The Morgan fingerprint density at radius 1 is 1.08 bits per heavy atom. The molecule has 2 aromatic carbocycles. The molecule has 1 amide bonds. The lowest BCUT2D eigenvalue weighted by molar-refractivity contribution is 0.0951. The number of nitrogens with one attached hydrogen (secondary N) is 2. The van der Waals surface area contributed by atoms with Gasteiger partial charge in [0, 0.05) is 23.3 Å². The Labute approximate surface area is 157 Å². The summed E-state index contributed by atoms with van der Waals surface area (Å²) in [6.45, 7) is 0.648. The van der Waals surface area contributed by atoms with E-state index in [1.807, 2.05) is 30.3 Å². The molecule has 1 heterocycles. The highest BCUT2D eigenvalue weighted by Gasteiger charge is 2.19.